The van der Waals surface area contributed by atoms with Crippen LogP contribution in [0, 0.1) is 5.92 Å². The zero-order valence-corrected chi connectivity index (χ0v) is 17.7. The Morgan fingerprint density at radius 3 is 2.57 bits per heavy atom. The molecule has 1 atom stereocenters. The van der Waals surface area contributed by atoms with E-state index in [2.05, 4.69) is 15.3 Å². The van der Waals surface area contributed by atoms with Gasteiger partial charge in [0.1, 0.15) is 18.2 Å². The molecule has 0 aliphatic rings. The lowest BCUT2D eigenvalue weighted by Gasteiger charge is -2.31. The SMILES string of the molecule is CC(C)CC(C)(COc1ccc(-c2ccnc(C(C)C)n2)cc1Cl)NC(=O)O. The highest BCUT2D eigenvalue weighted by atomic mass is 35.5. The normalized spacial score (nSPS) is 13.4. The number of nitrogens with zero attached hydrogens (tertiary/aromatic N) is 2. The maximum absolute atomic E-state index is 11.1. The molecule has 1 aromatic carbocycles. The highest BCUT2D eigenvalue weighted by Gasteiger charge is 2.29. The lowest BCUT2D eigenvalue weighted by Crippen LogP contribution is -2.50. The quantitative estimate of drug-likeness (QED) is 0.616. The summed E-state index contributed by atoms with van der Waals surface area (Å²) in [6.07, 6.45) is 1.32. The first kappa shape index (κ1) is 22.0. The number of hydrogen-bond donors (Lipinski definition) is 2. The van der Waals surface area contributed by atoms with Crippen LogP contribution in [-0.4, -0.2) is 33.3 Å². The molecule has 6 nitrogen and oxygen atoms in total. The van der Waals surface area contributed by atoms with Crippen LogP contribution in [0.5, 0.6) is 5.75 Å². The van der Waals surface area contributed by atoms with Gasteiger partial charge in [0.25, 0.3) is 0 Å². The molecule has 0 spiro atoms. The molecule has 0 saturated carbocycles. The van der Waals surface area contributed by atoms with E-state index in [0.29, 0.717) is 23.1 Å². The number of aromatic nitrogens is 2. The van der Waals surface area contributed by atoms with Crippen molar-refractivity contribution < 1.29 is 14.6 Å². The first-order chi connectivity index (χ1) is 13.1. The number of benzene rings is 1. The monoisotopic (exact) mass is 405 g/mol. The summed E-state index contributed by atoms with van der Waals surface area (Å²) in [6, 6.07) is 7.31. The van der Waals surface area contributed by atoms with E-state index in [-0.39, 0.29) is 12.5 Å². The third-order valence-electron chi connectivity index (χ3n) is 4.23. The number of carbonyl (C=O) groups is 1. The number of hydrogen-bond acceptors (Lipinski definition) is 4. The van der Waals surface area contributed by atoms with Gasteiger partial charge in [0.2, 0.25) is 0 Å². The zero-order valence-electron chi connectivity index (χ0n) is 17.0. The second-order valence-corrected chi connectivity index (χ2v) is 8.38. The summed E-state index contributed by atoms with van der Waals surface area (Å²) in [5.74, 6) is 1.83. The largest absolute Gasteiger partial charge is 0.490 e. The van der Waals surface area contributed by atoms with Gasteiger partial charge in [-0.25, -0.2) is 14.8 Å². The van der Waals surface area contributed by atoms with E-state index in [0.717, 1.165) is 17.1 Å². The molecule has 2 aromatic rings. The fourth-order valence-corrected chi connectivity index (χ4v) is 3.37. The van der Waals surface area contributed by atoms with Gasteiger partial charge in [-0.1, -0.05) is 39.3 Å². The third-order valence-corrected chi connectivity index (χ3v) is 4.53. The maximum Gasteiger partial charge on any atom is 0.405 e. The molecule has 7 heteroatoms. The van der Waals surface area contributed by atoms with Crippen LogP contribution in [0.15, 0.2) is 30.5 Å². The molecule has 2 rings (SSSR count). The van der Waals surface area contributed by atoms with E-state index in [4.69, 9.17) is 21.4 Å². The number of halogens is 1. The van der Waals surface area contributed by atoms with Crippen molar-refractivity contribution in [3.05, 3.63) is 41.3 Å². The summed E-state index contributed by atoms with van der Waals surface area (Å²) in [5.41, 5.74) is 0.959. The van der Waals surface area contributed by atoms with E-state index in [1.54, 1.807) is 18.3 Å². The van der Waals surface area contributed by atoms with E-state index in [1.807, 2.05) is 46.8 Å². The Labute approximate surface area is 171 Å². The molecule has 28 heavy (non-hydrogen) atoms. The number of amides is 1. The minimum atomic E-state index is -1.07. The standard InChI is InChI=1S/C21H28ClN3O3/c1-13(2)11-21(5,25-20(26)27)12-28-18-7-6-15(10-16(18)22)17-8-9-23-19(24-17)14(3)4/h6-10,13-14,25H,11-12H2,1-5H3,(H,26,27). The molecule has 0 bridgehead atoms. The summed E-state index contributed by atoms with van der Waals surface area (Å²) in [6.45, 7) is 10.2. The van der Waals surface area contributed by atoms with Gasteiger partial charge in [0.05, 0.1) is 16.3 Å². The Kier molecular flexibility index (Phi) is 7.24. The van der Waals surface area contributed by atoms with Crippen molar-refractivity contribution in [2.24, 2.45) is 5.92 Å². The molecule has 152 valence electrons. The van der Waals surface area contributed by atoms with Crippen molar-refractivity contribution in [1.82, 2.24) is 15.3 Å². The van der Waals surface area contributed by atoms with Crippen molar-refractivity contribution >= 4 is 17.7 Å². The van der Waals surface area contributed by atoms with Crippen molar-refractivity contribution in [1.29, 1.82) is 0 Å². The molecule has 1 amide bonds. The van der Waals surface area contributed by atoms with Crippen LogP contribution in [0.25, 0.3) is 11.3 Å². The summed E-state index contributed by atoms with van der Waals surface area (Å²) in [5, 5.41) is 12.1. The predicted molar refractivity (Wildman–Crippen MR) is 111 cm³/mol. The Morgan fingerprint density at radius 1 is 1.29 bits per heavy atom. The van der Waals surface area contributed by atoms with Gasteiger partial charge in [0, 0.05) is 17.7 Å². The highest BCUT2D eigenvalue weighted by Crippen LogP contribution is 2.31. The topological polar surface area (TPSA) is 84.3 Å². The van der Waals surface area contributed by atoms with Crippen molar-refractivity contribution in [2.45, 2.75) is 52.5 Å². The van der Waals surface area contributed by atoms with Gasteiger partial charge in [-0.3, -0.25) is 0 Å². The fraction of sp³-hybridized carbons (Fsp3) is 0.476. The molecule has 0 radical (unpaired) electrons. The zero-order chi connectivity index (χ0) is 20.9. The van der Waals surface area contributed by atoms with Gasteiger partial charge in [-0.15, -0.1) is 0 Å². The minimum Gasteiger partial charge on any atom is -0.490 e. The molecule has 2 N–H and O–H groups in total. The number of nitrogens with one attached hydrogen (secondary N) is 1. The molecule has 0 saturated heterocycles. The lowest BCUT2D eigenvalue weighted by atomic mass is 9.91. The summed E-state index contributed by atoms with van der Waals surface area (Å²) < 4.78 is 5.87. The first-order valence-corrected chi connectivity index (χ1v) is 9.74. The van der Waals surface area contributed by atoms with Crippen molar-refractivity contribution in [3.63, 3.8) is 0 Å². The molecule has 1 unspecified atom stereocenters. The van der Waals surface area contributed by atoms with Crippen molar-refractivity contribution in [3.8, 4) is 17.0 Å². The number of ether oxygens (including phenoxy) is 1. The molecule has 1 aromatic heterocycles. The summed E-state index contributed by atoms with van der Waals surface area (Å²) in [7, 11) is 0. The Hall–Kier alpha value is -2.34. The Morgan fingerprint density at radius 2 is 2.00 bits per heavy atom. The van der Waals surface area contributed by atoms with Crippen LogP contribution in [0.3, 0.4) is 0 Å². The maximum atomic E-state index is 11.1. The van der Waals surface area contributed by atoms with Crippen LogP contribution in [-0.2, 0) is 0 Å². The third kappa shape index (κ3) is 6.09. The van der Waals surface area contributed by atoms with Crippen LogP contribution in [0.4, 0.5) is 4.79 Å². The lowest BCUT2D eigenvalue weighted by molar-refractivity contribution is 0.143. The van der Waals surface area contributed by atoms with Gasteiger partial charge < -0.3 is 15.2 Å². The molecule has 0 aliphatic carbocycles. The van der Waals surface area contributed by atoms with E-state index >= 15 is 0 Å². The first-order valence-electron chi connectivity index (χ1n) is 9.36. The second-order valence-electron chi connectivity index (χ2n) is 7.98. The fourth-order valence-electron chi connectivity index (χ4n) is 3.13. The van der Waals surface area contributed by atoms with Crippen LogP contribution < -0.4 is 10.1 Å². The van der Waals surface area contributed by atoms with Crippen LogP contribution >= 0.6 is 11.6 Å². The average molecular weight is 406 g/mol. The average Bonchev–Trinajstić information content (AvgIpc) is 2.59. The van der Waals surface area contributed by atoms with Gasteiger partial charge >= 0.3 is 6.09 Å². The molecular weight excluding hydrogens is 378 g/mol. The van der Waals surface area contributed by atoms with Crippen molar-refractivity contribution in [2.75, 3.05) is 6.61 Å². The molecule has 0 fully saturated rings. The molecule has 0 aliphatic heterocycles. The minimum absolute atomic E-state index is 0.182. The predicted octanol–water partition coefficient (Wildman–Crippen LogP) is 5.37. The smallest absolute Gasteiger partial charge is 0.405 e. The van der Waals surface area contributed by atoms with Crippen LogP contribution in [0.2, 0.25) is 5.02 Å². The Bertz CT molecular complexity index is 826. The van der Waals surface area contributed by atoms with Gasteiger partial charge in [0.15, 0.2) is 0 Å². The number of carboxylic acid groups (broad SMARTS) is 1. The number of rotatable bonds is 8. The Balaban J connectivity index is 2.18. The van der Waals surface area contributed by atoms with Gasteiger partial charge in [-0.2, -0.15) is 0 Å². The molecule has 1 heterocycles. The van der Waals surface area contributed by atoms with Crippen LogP contribution in [0.1, 0.15) is 52.8 Å². The summed E-state index contributed by atoms with van der Waals surface area (Å²) in [4.78, 5) is 20.0. The highest BCUT2D eigenvalue weighted by molar-refractivity contribution is 6.32. The summed E-state index contributed by atoms with van der Waals surface area (Å²) >= 11 is 6.42. The van der Waals surface area contributed by atoms with Gasteiger partial charge in [-0.05, 0) is 43.5 Å². The van der Waals surface area contributed by atoms with E-state index < -0.39 is 11.6 Å². The molecular formula is C21H28ClN3O3. The van der Waals surface area contributed by atoms with E-state index in [9.17, 15) is 4.79 Å². The second kappa shape index (κ2) is 9.24. The van der Waals surface area contributed by atoms with E-state index in [1.165, 1.54) is 0 Å².